The van der Waals surface area contributed by atoms with Gasteiger partial charge in [-0.3, -0.25) is 0 Å². The summed E-state index contributed by atoms with van der Waals surface area (Å²) in [6.45, 7) is 6.02. The van der Waals surface area contributed by atoms with Crippen molar-refractivity contribution >= 4 is 45.9 Å². The van der Waals surface area contributed by atoms with E-state index in [-0.39, 0.29) is 0 Å². The molecule has 0 saturated heterocycles. The Kier molecular flexibility index (Phi) is 4.96. The van der Waals surface area contributed by atoms with Gasteiger partial charge in [-0.2, -0.15) is 5.26 Å². The molecule has 0 fully saturated rings. The Morgan fingerprint density at radius 2 is 1.93 bits per heavy atom. The maximum atomic E-state index is 9.76. The number of nitrogens with one attached hydrogen (secondary N) is 1. The minimum absolute atomic E-state index is 0.469. The first-order chi connectivity index (χ1) is 13.9. The summed E-state index contributed by atoms with van der Waals surface area (Å²) < 4.78 is 2.04. The summed E-state index contributed by atoms with van der Waals surface area (Å²) in [6, 6.07) is 15.8. The van der Waals surface area contributed by atoms with Gasteiger partial charge in [0.05, 0.1) is 32.3 Å². The van der Waals surface area contributed by atoms with Gasteiger partial charge in [0.1, 0.15) is 11.9 Å². The monoisotopic (exact) mass is 420 g/mol. The number of H-pyrrole nitrogens is 1. The van der Waals surface area contributed by atoms with Crippen LogP contribution < -0.4 is 0 Å². The lowest BCUT2D eigenvalue weighted by atomic mass is 10.1. The van der Waals surface area contributed by atoms with Crippen molar-refractivity contribution in [2.45, 2.75) is 20.8 Å². The summed E-state index contributed by atoms with van der Waals surface area (Å²) in [5, 5.41) is 10.8. The summed E-state index contributed by atoms with van der Waals surface area (Å²) >= 11 is 12.6. The Bertz CT molecular complexity index is 1320. The molecule has 0 radical (unpaired) electrons. The fourth-order valence-corrected chi connectivity index (χ4v) is 3.91. The normalized spacial score (nSPS) is 11.8. The number of hydrogen-bond donors (Lipinski definition) is 1. The zero-order valence-corrected chi connectivity index (χ0v) is 17.7. The highest BCUT2D eigenvalue weighted by Gasteiger charge is 2.15. The molecule has 4 rings (SSSR count). The predicted octanol–water partition coefficient (Wildman–Crippen LogP) is 6.65. The highest BCUT2D eigenvalue weighted by Crippen LogP contribution is 2.32. The first kappa shape index (κ1) is 19.3. The van der Waals surface area contributed by atoms with Crippen LogP contribution in [0.1, 0.15) is 28.3 Å². The van der Waals surface area contributed by atoms with Gasteiger partial charge in [-0.25, -0.2) is 4.98 Å². The number of imidazole rings is 1. The summed E-state index contributed by atoms with van der Waals surface area (Å²) in [4.78, 5) is 7.82. The number of benzene rings is 2. The van der Waals surface area contributed by atoms with Crippen LogP contribution in [0.5, 0.6) is 0 Å². The lowest BCUT2D eigenvalue weighted by molar-refractivity contribution is 0.965. The molecule has 4 nitrogen and oxygen atoms in total. The van der Waals surface area contributed by atoms with Crippen LogP contribution in [0.4, 0.5) is 0 Å². The van der Waals surface area contributed by atoms with Crippen LogP contribution in [0.25, 0.3) is 28.4 Å². The molecular formula is C23H18Cl2N4. The molecule has 144 valence electrons. The van der Waals surface area contributed by atoms with E-state index < -0.39 is 0 Å². The molecule has 2 heterocycles. The second kappa shape index (κ2) is 7.44. The van der Waals surface area contributed by atoms with Crippen molar-refractivity contribution in [3.05, 3.63) is 80.8 Å². The fourth-order valence-electron chi connectivity index (χ4n) is 3.53. The van der Waals surface area contributed by atoms with Crippen molar-refractivity contribution < 1.29 is 0 Å². The number of hydrogen-bond acceptors (Lipinski definition) is 2. The van der Waals surface area contributed by atoms with E-state index in [0.717, 1.165) is 39.2 Å². The molecule has 2 aromatic carbocycles. The number of fused-ring (bicyclic) bond motifs is 1. The molecule has 0 unspecified atom stereocenters. The fraction of sp³-hybridized carbons (Fsp3) is 0.130. The molecule has 0 aliphatic carbocycles. The van der Waals surface area contributed by atoms with E-state index in [1.54, 1.807) is 6.07 Å². The molecular weight excluding hydrogens is 403 g/mol. The Morgan fingerprint density at radius 3 is 2.69 bits per heavy atom. The van der Waals surface area contributed by atoms with E-state index >= 15 is 0 Å². The molecule has 0 aliphatic rings. The number of nitriles is 1. The van der Waals surface area contributed by atoms with Crippen LogP contribution in [-0.4, -0.2) is 14.5 Å². The van der Waals surface area contributed by atoms with Crippen LogP contribution in [0, 0.1) is 32.1 Å². The standard InChI is InChI=1S/C23H18Cl2N4/c1-13-7-8-19-20(9-13)28-23(27-19)17(12-26)11-16-10-14(2)29(15(16)3)21-6-4-5-18(24)22(21)25/h4-11H,1-3H3,(H,27,28). The summed E-state index contributed by atoms with van der Waals surface area (Å²) in [5.41, 5.74) is 7.05. The molecule has 0 amide bonds. The smallest absolute Gasteiger partial charge is 0.149 e. The van der Waals surface area contributed by atoms with Gasteiger partial charge in [0, 0.05) is 11.4 Å². The zero-order valence-electron chi connectivity index (χ0n) is 16.2. The number of allylic oxidation sites excluding steroid dienone is 1. The SMILES string of the molecule is Cc1ccc2nc(C(C#N)=Cc3cc(C)n(-c4cccc(Cl)c4Cl)c3C)[nH]c2c1. The van der Waals surface area contributed by atoms with Crippen molar-refractivity contribution in [2.24, 2.45) is 0 Å². The van der Waals surface area contributed by atoms with Gasteiger partial charge < -0.3 is 9.55 Å². The van der Waals surface area contributed by atoms with Crippen LogP contribution in [-0.2, 0) is 0 Å². The zero-order chi connectivity index (χ0) is 20.7. The van der Waals surface area contributed by atoms with E-state index in [4.69, 9.17) is 23.2 Å². The van der Waals surface area contributed by atoms with Crippen molar-refractivity contribution in [2.75, 3.05) is 0 Å². The molecule has 0 spiro atoms. The average molecular weight is 421 g/mol. The first-order valence-electron chi connectivity index (χ1n) is 9.11. The van der Waals surface area contributed by atoms with E-state index in [2.05, 4.69) is 16.0 Å². The number of nitrogens with zero attached hydrogens (tertiary/aromatic N) is 3. The molecule has 6 heteroatoms. The predicted molar refractivity (Wildman–Crippen MR) is 120 cm³/mol. The molecule has 0 saturated carbocycles. The summed E-state index contributed by atoms with van der Waals surface area (Å²) in [5.74, 6) is 0.554. The Labute approximate surface area is 179 Å². The van der Waals surface area contributed by atoms with Gasteiger partial charge in [-0.05, 0) is 68.3 Å². The van der Waals surface area contributed by atoms with Gasteiger partial charge in [-0.1, -0.05) is 35.3 Å². The third kappa shape index (κ3) is 3.44. The van der Waals surface area contributed by atoms with Crippen molar-refractivity contribution in [3.63, 3.8) is 0 Å². The van der Waals surface area contributed by atoms with Crippen LogP contribution in [0.2, 0.25) is 10.0 Å². The lowest BCUT2D eigenvalue weighted by Crippen LogP contribution is -2.00. The second-order valence-electron chi connectivity index (χ2n) is 7.01. The van der Waals surface area contributed by atoms with Gasteiger partial charge in [0.25, 0.3) is 0 Å². The first-order valence-corrected chi connectivity index (χ1v) is 9.86. The van der Waals surface area contributed by atoms with Gasteiger partial charge in [0.15, 0.2) is 0 Å². The third-order valence-electron chi connectivity index (χ3n) is 4.96. The topological polar surface area (TPSA) is 57.4 Å². The van der Waals surface area contributed by atoms with Crippen molar-refractivity contribution in [1.82, 2.24) is 14.5 Å². The average Bonchev–Trinajstić information content (AvgIpc) is 3.22. The van der Waals surface area contributed by atoms with Crippen molar-refractivity contribution in [1.29, 1.82) is 5.26 Å². The highest BCUT2D eigenvalue weighted by atomic mass is 35.5. The molecule has 1 N–H and O–H groups in total. The van der Waals surface area contributed by atoms with Gasteiger partial charge in [0.2, 0.25) is 0 Å². The van der Waals surface area contributed by atoms with Crippen LogP contribution in [0.15, 0.2) is 42.5 Å². The number of aryl methyl sites for hydroxylation is 2. The number of halogens is 2. The summed E-state index contributed by atoms with van der Waals surface area (Å²) in [7, 11) is 0. The maximum Gasteiger partial charge on any atom is 0.149 e. The Morgan fingerprint density at radius 1 is 1.14 bits per heavy atom. The second-order valence-corrected chi connectivity index (χ2v) is 7.80. The maximum absolute atomic E-state index is 9.76. The van der Waals surface area contributed by atoms with E-state index in [0.29, 0.717) is 21.4 Å². The Balaban J connectivity index is 1.82. The minimum atomic E-state index is 0.469. The largest absolute Gasteiger partial charge is 0.337 e. The van der Waals surface area contributed by atoms with E-state index in [9.17, 15) is 5.26 Å². The molecule has 2 aromatic heterocycles. The van der Waals surface area contributed by atoms with Crippen molar-refractivity contribution in [3.8, 4) is 11.8 Å². The molecule has 4 aromatic rings. The van der Waals surface area contributed by atoms with Crippen LogP contribution in [0.3, 0.4) is 0 Å². The highest BCUT2D eigenvalue weighted by molar-refractivity contribution is 6.43. The molecule has 0 atom stereocenters. The number of aromatic nitrogens is 3. The summed E-state index contributed by atoms with van der Waals surface area (Å²) in [6.07, 6.45) is 1.85. The molecule has 0 bridgehead atoms. The lowest BCUT2D eigenvalue weighted by Gasteiger charge is -2.12. The minimum Gasteiger partial charge on any atom is -0.337 e. The molecule has 29 heavy (non-hydrogen) atoms. The van der Waals surface area contributed by atoms with Gasteiger partial charge in [-0.15, -0.1) is 0 Å². The number of rotatable bonds is 3. The quantitative estimate of drug-likeness (QED) is 0.377. The van der Waals surface area contributed by atoms with Crippen LogP contribution >= 0.6 is 23.2 Å². The van der Waals surface area contributed by atoms with Gasteiger partial charge >= 0.3 is 0 Å². The molecule has 0 aliphatic heterocycles. The Hall–Kier alpha value is -3.00. The van der Waals surface area contributed by atoms with E-state index in [1.165, 1.54) is 0 Å². The third-order valence-corrected chi connectivity index (χ3v) is 5.76. The van der Waals surface area contributed by atoms with E-state index in [1.807, 2.05) is 67.8 Å². The number of aromatic amines is 1.